The van der Waals surface area contributed by atoms with E-state index in [9.17, 15) is 8.22 Å². The summed E-state index contributed by atoms with van der Waals surface area (Å²) in [7, 11) is 0. The monoisotopic (exact) mass is 1160 g/mol. The summed E-state index contributed by atoms with van der Waals surface area (Å²) in [6, 6.07) is 57.2. The number of benzene rings is 12. The number of furan rings is 1. The lowest BCUT2D eigenvalue weighted by Crippen LogP contribution is -2.30. The van der Waals surface area contributed by atoms with E-state index in [4.69, 9.17) is 14.0 Å². The molecule has 16 rings (SSSR count). The summed E-state index contributed by atoms with van der Waals surface area (Å²) in [5.41, 5.74) is 17.6. The fourth-order valence-corrected chi connectivity index (χ4v) is 13.5. The average molecular weight is 1160 g/mol. The van der Waals surface area contributed by atoms with Gasteiger partial charge in [-0.15, -0.1) is 0 Å². The molecule has 0 N–H and O–H groups in total. The van der Waals surface area contributed by atoms with Crippen LogP contribution in [-0.2, 0) is 16.2 Å². The Balaban J connectivity index is 1.04. The molecule has 1 atom stereocenters. The van der Waals surface area contributed by atoms with Gasteiger partial charge in [0.05, 0.1) is 63.0 Å². The van der Waals surface area contributed by atoms with E-state index in [1.807, 2.05) is 54.6 Å². The third-order valence-electron chi connectivity index (χ3n) is 18.1. The molecule has 1 unspecified atom stereocenters. The van der Waals surface area contributed by atoms with Gasteiger partial charge in [0, 0.05) is 38.7 Å². The lowest BCUT2D eigenvalue weighted by molar-refractivity contribution is 0.569. The molecule has 0 saturated carbocycles. The first-order chi connectivity index (χ1) is 48.4. The predicted molar refractivity (Wildman–Crippen MR) is 376 cm³/mol. The summed E-state index contributed by atoms with van der Waals surface area (Å²) in [6.45, 7) is 20.1. The molecule has 0 aliphatic carbocycles. The van der Waals surface area contributed by atoms with Crippen molar-refractivity contribution in [1.29, 1.82) is 0 Å². The molecule has 12 aromatic carbocycles. The van der Waals surface area contributed by atoms with E-state index < -0.39 is 77.8 Å². The predicted octanol–water partition coefficient (Wildman–Crippen LogP) is 24.0. The SMILES string of the molecule is [2H]c1c([2H])c([2H])c(-c2ccc3c(c2)N(c2cccc4c2oc2c(-n5c6c([2H])c([2H])c([2H])c([2H])c6c6c([2H])c([2H])c([2H])c([2H])c65)cccc24)c2cc(C(C)(C)C)cc4c2C3c2ccc(-c3cc(C(C)(C)C)cc(C(C)(C)C)c3)cc2N4c2cc(-c3ccccc3)cc(-c3ccccc3)c2)c([2H])c1[2H]. The molecule has 2 aliphatic rings. The molecule has 432 valence electrons. The molecule has 0 saturated heterocycles. The summed E-state index contributed by atoms with van der Waals surface area (Å²) in [4.78, 5) is 4.61. The topological polar surface area (TPSA) is 24.6 Å². The highest BCUT2D eigenvalue weighted by Gasteiger charge is 2.43. The number of rotatable bonds is 7. The van der Waals surface area contributed by atoms with Gasteiger partial charge in [0.15, 0.2) is 11.2 Å². The second kappa shape index (κ2) is 20.2. The molecule has 0 fully saturated rings. The summed E-state index contributed by atoms with van der Waals surface area (Å²) < 4.78 is 127. The van der Waals surface area contributed by atoms with Crippen LogP contribution in [0.15, 0.2) is 265 Å². The van der Waals surface area contributed by atoms with Gasteiger partial charge < -0.3 is 18.8 Å². The van der Waals surface area contributed by atoms with Crippen LogP contribution in [0.3, 0.4) is 0 Å². The third-order valence-corrected chi connectivity index (χ3v) is 18.1. The minimum absolute atomic E-state index is 0.0341. The minimum atomic E-state index is -0.548. The van der Waals surface area contributed by atoms with Crippen molar-refractivity contribution in [1.82, 2.24) is 4.57 Å². The maximum Gasteiger partial charge on any atom is 0.159 e. The van der Waals surface area contributed by atoms with E-state index in [0.29, 0.717) is 33.3 Å². The minimum Gasteiger partial charge on any atom is -0.452 e. The zero-order valence-electron chi connectivity index (χ0n) is 64.1. The zero-order chi connectivity index (χ0) is 72.0. The van der Waals surface area contributed by atoms with Gasteiger partial charge in [0.25, 0.3) is 0 Å². The van der Waals surface area contributed by atoms with Crippen molar-refractivity contribution in [2.75, 3.05) is 9.80 Å². The molecule has 89 heavy (non-hydrogen) atoms. The van der Waals surface area contributed by atoms with Crippen molar-refractivity contribution >= 4 is 77.9 Å². The van der Waals surface area contributed by atoms with E-state index in [2.05, 4.69) is 187 Å². The molecule has 4 heterocycles. The molecule has 2 aromatic heterocycles. The Kier molecular flexibility index (Phi) is 9.50. The number of para-hydroxylation sites is 4. The van der Waals surface area contributed by atoms with Crippen LogP contribution in [-0.4, -0.2) is 4.57 Å². The lowest BCUT2D eigenvalue weighted by Gasteiger charge is -2.46. The molecule has 0 radical (unpaired) electrons. The van der Waals surface area contributed by atoms with Crippen molar-refractivity contribution in [2.45, 2.75) is 84.5 Å². The van der Waals surface area contributed by atoms with Crippen LogP contribution in [0.25, 0.3) is 93.9 Å². The van der Waals surface area contributed by atoms with Gasteiger partial charge in [-0.25, -0.2) is 0 Å². The maximum atomic E-state index is 9.47. The van der Waals surface area contributed by atoms with E-state index in [0.717, 1.165) is 78.4 Å². The Labute approximate surface area is 540 Å². The number of hydrogen-bond acceptors (Lipinski definition) is 3. The Bertz CT molecular complexity index is 5760. The number of anilines is 6. The molecule has 0 spiro atoms. The van der Waals surface area contributed by atoms with Crippen LogP contribution in [0.2, 0.25) is 0 Å². The zero-order valence-corrected chi connectivity index (χ0v) is 51.1. The molecular weight excluding hydrogens is 1080 g/mol. The molecular formula is C85H71N3O. The smallest absolute Gasteiger partial charge is 0.159 e. The molecule has 0 bridgehead atoms. The molecule has 2 aliphatic heterocycles. The van der Waals surface area contributed by atoms with Gasteiger partial charge in [-0.3, -0.25) is 0 Å². The Morgan fingerprint density at radius 3 is 1.34 bits per heavy atom. The normalized spacial score (nSPS) is 16.0. The highest BCUT2D eigenvalue weighted by molar-refractivity contribution is 6.15. The maximum absolute atomic E-state index is 9.47. The molecule has 0 amide bonds. The van der Waals surface area contributed by atoms with Gasteiger partial charge >= 0.3 is 0 Å². The fraction of sp³-hybridized carbons (Fsp3) is 0.153. The molecule has 4 nitrogen and oxygen atoms in total. The average Bonchev–Trinajstić information content (AvgIpc) is 1.06. The van der Waals surface area contributed by atoms with Crippen LogP contribution < -0.4 is 9.80 Å². The van der Waals surface area contributed by atoms with Gasteiger partial charge in [-0.2, -0.15) is 0 Å². The summed E-state index contributed by atoms with van der Waals surface area (Å²) in [5, 5.41) is 1.12. The van der Waals surface area contributed by atoms with Crippen molar-refractivity contribution in [3.63, 3.8) is 0 Å². The van der Waals surface area contributed by atoms with Crippen LogP contribution in [0.1, 0.15) is 119 Å². The summed E-state index contributed by atoms with van der Waals surface area (Å²) in [6.07, 6.45) is 0. The second-order valence-corrected chi connectivity index (χ2v) is 26.8. The first kappa shape index (κ1) is 41.8. The number of fused-ring (bicyclic) bond motifs is 10. The third kappa shape index (κ3) is 8.94. The van der Waals surface area contributed by atoms with Crippen molar-refractivity contribution in [2.24, 2.45) is 0 Å². The Hall–Kier alpha value is -10.2. The summed E-state index contributed by atoms with van der Waals surface area (Å²) >= 11 is 0. The number of nitrogens with zero attached hydrogens (tertiary/aromatic N) is 3. The van der Waals surface area contributed by atoms with E-state index in [1.54, 1.807) is 12.1 Å². The number of hydrogen-bond donors (Lipinski definition) is 0. The quantitative estimate of drug-likeness (QED) is 0.159. The van der Waals surface area contributed by atoms with E-state index >= 15 is 0 Å². The van der Waals surface area contributed by atoms with Gasteiger partial charge in [0.1, 0.15) is 0 Å². The van der Waals surface area contributed by atoms with Crippen LogP contribution in [0.5, 0.6) is 0 Å². The van der Waals surface area contributed by atoms with Crippen molar-refractivity contribution in [3.05, 3.63) is 294 Å². The van der Waals surface area contributed by atoms with Gasteiger partial charge in [-0.05, 0) is 155 Å². The first-order valence-corrected chi connectivity index (χ1v) is 30.4. The highest BCUT2D eigenvalue weighted by Crippen LogP contribution is 2.63. The standard InChI is InChI=1S/C85H71N3O/c1-83(2,3)61-44-60(45-62(50-61)84(4,5)6)57-40-42-69-75(49-57)86(64-46-58(54-27-15-11-16-28-54)43-59(47-64)55-29-17-12-18-30-55)77-51-63(85(7,8)9)52-78-80(77)79(69)70-41-39-56(53-25-13-10-14-26-53)48-76(70)88(78)74-38-24-34-68-67-33-23-37-73(81(67)89-82(68)74)87-71-35-21-19-31-65(71)66-32-20-22-36-72(66)87/h10-52,79H,1-9H3/i10D,13D,14D,19D,20D,21D,22D,25D,26D,31D,32D,35D,36D. The van der Waals surface area contributed by atoms with Crippen molar-refractivity contribution in [3.8, 4) is 50.2 Å². The fourth-order valence-electron chi connectivity index (χ4n) is 13.5. The first-order valence-electron chi connectivity index (χ1n) is 36.9. The van der Waals surface area contributed by atoms with Crippen LogP contribution in [0.4, 0.5) is 34.1 Å². The largest absolute Gasteiger partial charge is 0.452 e. The van der Waals surface area contributed by atoms with E-state index in [-0.39, 0.29) is 61.6 Å². The van der Waals surface area contributed by atoms with Crippen LogP contribution in [0, 0.1) is 0 Å². The highest BCUT2D eigenvalue weighted by atomic mass is 16.3. The molecule has 14 aromatic rings. The van der Waals surface area contributed by atoms with E-state index in [1.165, 1.54) is 15.7 Å². The second-order valence-electron chi connectivity index (χ2n) is 26.8. The molecule has 4 heteroatoms. The van der Waals surface area contributed by atoms with Gasteiger partial charge in [0.2, 0.25) is 0 Å². The van der Waals surface area contributed by atoms with Crippen molar-refractivity contribution < 1.29 is 22.2 Å². The Morgan fingerprint density at radius 1 is 0.326 bits per heavy atom. The Morgan fingerprint density at radius 2 is 0.787 bits per heavy atom. The van der Waals surface area contributed by atoms with Crippen LogP contribution >= 0.6 is 0 Å². The lowest BCUT2D eigenvalue weighted by atomic mass is 9.73. The number of aromatic nitrogens is 1. The summed E-state index contributed by atoms with van der Waals surface area (Å²) in [5.74, 6) is -0.488. The van der Waals surface area contributed by atoms with Gasteiger partial charge in [-0.1, -0.05) is 256 Å².